The minimum atomic E-state index is -0.190. The summed E-state index contributed by atoms with van der Waals surface area (Å²) >= 11 is 0. The van der Waals surface area contributed by atoms with E-state index >= 15 is 0 Å². The van der Waals surface area contributed by atoms with Crippen LogP contribution in [0.2, 0.25) is 0 Å². The Bertz CT molecular complexity index is 220. The molecule has 0 bridgehead atoms. The molecule has 0 aliphatic carbocycles. The highest BCUT2D eigenvalue weighted by molar-refractivity contribution is 5.77. The molecule has 1 unspecified atom stereocenters. The van der Waals surface area contributed by atoms with Crippen LogP contribution in [0.5, 0.6) is 0 Å². The Kier molecular flexibility index (Phi) is 4.46. The maximum Gasteiger partial charge on any atom is 0.223 e. The van der Waals surface area contributed by atoms with Gasteiger partial charge in [-0.25, -0.2) is 0 Å². The van der Waals surface area contributed by atoms with Gasteiger partial charge in [-0.3, -0.25) is 4.79 Å². The standard InChI is InChI=1S/C11H19NO/c1-6-10(13)12-9(4)11(5,7-2)8-3/h7H,2,4,6,8H2,1,3,5H3,(H,12,13). The summed E-state index contributed by atoms with van der Waals surface area (Å²) in [5, 5.41) is 2.77. The molecular weight excluding hydrogens is 162 g/mol. The zero-order valence-corrected chi connectivity index (χ0v) is 8.81. The Morgan fingerprint density at radius 1 is 1.54 bits per heavy atom. The van der Waals surface area contributed by atoms with Crippen LogP contribution in [0.4, 0.5) is 0 Å². The highest BCUT2D eigenvalue weighted by atomic mass is 16.1. The molecule has 0 aromatic heterocycles. The number of hydrogen-bond acceptors (Lipinski definition) is 1. The fourth-order valence-electron chi connectivity index (χ4n) is 0.880. The van der Waals surface area contributed by atoms with Crippen LogP contribution in [0.25, 0.3) is 0 Å². The van der Waals surface area contributed by atoms with E-state index in [1.54, 1.807) is 0 Å². The van der Waals surface area contributed by atoms with Crippen molar-refractivity contribution < 1.29 is 4.79 Å². The van der Waals surface area contributed by atoms with Crippen molar-refractivity contribution in [3.8, 4) is 0 Å². The molecule has 0 rings (SSSR count). The summed E-state index contributed by atoms with van der Waals surface area (Å²) in [4.78, 5) is 11.1. The maximum atomic E-state index is 11.1. The fourth-order valence-corrected chi connectivity index (χ4v) is 0.880. The summed E-state index contributed by atoms with van der Waals surface area (Å²) in [7, 11) is 0. The third-order valence-electron chi connectivity index (χ3n) is 2.49. The van der Waals surface area contributed by atoms with E-state index < -0.39 is 0 Å². The van der Waals surface area contributed by atoms with Gasteiger partial charge in [0.15, 0.2) is 0 Å². The van der Waals surface area contributed by atoms with Crippen LogP contribution in [-0.4, -0.2) is 5.91 Å². The van der Waals surface area contributed by atoms with E-state index in [4.69, 9.17) is 0 Å². The average molecular weight is 181 g/mol. The summed E-state index contributed by atoms with van der Waals surface area (Å²) in [6.45, 7) is 13.5. The van der Waals surface area contributed by atoms with Crippen molar-refractivity contribution in [1.29, 1.82) is 0 Å². The van der Waals surface area contributed by atoms with Gasteiger partial charge in [0.1, 0.15) is 0 Å². The van der Waals surface area contributed by atoms with Crippen LogP contribution in [0.3, 0.4) is 0 Å². The third-order valence-corrected chi connectivity index (χ3v) is 2.49. The lowest BCUT2D eigenvalue weighted by Crippen LogP contribution is -2.30. The van der Waals surface area contributed by atoms with Crippen LogP contribution in [0.1, 0.15) is 33.6 Å². The van der Waals surface area contributed by atoms with E-state index in [1.165, 1.54) is 0 Å². The van der Waals surface area contributed by atoms with Crippen LogP contribution >= 0.6 is 0 Å². The average Bonchev–Trinajstić information content (AvgIpc) is 2.16. The predicted octanol–water partition coefficient (Wildman–Crippen LogP) is 2.63. The molecular formula is C11H19NO. The van der Waals surface area contributed by atoms with E-state index in [1.807, 2.05) is 26.8 Å². The van der Waals surface area contributed by atoms with Crippen molar-refractivity contribution in [2.24, 2.45) is 5.41 Å². The Morgan fingerprint density at radius 2 is 2.08 bits per heavy atom. The number of amides is 1. The van der Waals surface area contributed by atoms with Crippen LogP contribution in [0, 0.1) is 5.41 Å². The van der Waals surface area contributed by atoms with E-state index in [9.17, 15) is 4.79 Å². The summed E-state index contributed by atoms with van der Waals surface area (Å²) in [6, 6.07) is 0. The normalized spacial score (nSPS) is 14.4. The van der Waals surface area contributed by atoms with Crippen molar-refractivity contribution in [3.63, 3.8) is 0 Å². The van der Waals surface area contributed by atoms with Crippen molar-refractivity contribution in [2.45, 2.75) is 33.6 Å². The number of rotatable bonds is 5. The Morgan fingerprint density at radius 3 is 2.38 bits per heavy atom. The number of carbonyl (C=O) groups excluding carboxylic acids is 1. The molecule has 1 N–H and O–H groups in total. The second-order valence-corrected chi connectivity index (χ2v) is 3.36. The molecule has 0 radical (unpaired) electrons. The Labute approximate surface area is 80.7 Å². The molecule has 0 aliphatic heterocycles. The molecule has 0 spiro atoms. The summed E-state index contributed by atoms with van der Waals surface area (Å²) in [6.07, 6.45) is 3.19. The van der Waals surface area contributed by atoms with Crippen molar-refractivity contribution in [3.05, 3.63) is 24.9 Å². The maximum absolute atomic E-state index is 11.1. The molecule has 13 heavy (non-hydrogen) atoms. The van der Waals surface area contributed by atoms with Gasteiger partial charge < -0.3 is 5.32 Å². The van der Waals surface area contributed by atoms with Crippen molar-refractivity contribution in [1.82, 2.24) is 5.32 Å². The highest BCUT2D eigenvalue weighted by Crippen LogP contribution is 2.28. The van der Waals surface area contributed by atoms with Crippen LogP contribution in [0.15, 0.2) is 24.9 Å². The lowest BCUT2D eigenvalue weighted by atomic mass is 9.84. The molecule has 0 fully saturated rings. The zero-order valence-electron chi connectivity index (χ0n) is 8.81. The molecule has 0 aliphatic rings. The van der Waals surface area contributed by atoms with Gasteiger partial charge in [0.2, 0.25) is 5.91 Å². The lowest BCUT2D eigenvalue weighted by Gasteiger charge is -2.26. The highest BCUT2D eigenvalue weighted by Gasteiger charge is 2.22. The van der Waals surface area contributed by atoms with E-state index in [0.29, 0.717) is 6.42 Å². The number of carbonyl (C=O) groups is 1. The monoisotopic (exact) mass is 181 g/mol. The SMILES string of the molecule is C=CC(C)(CC)C(=C)NC(=O)CC. The predicted molar refractivity (Wildman–Crippen MR) is 56.2 cm³/mol. The zero-order chi connectivity index (χ0) is 10.5. The van der Waals surface area contributed by atoms with E-state index in [-0.39, 0.29) is 11.3 Å². The first-order valence-corrected chi connectivity index (χ1v) is 4.63. The topological polar surface area (TPSA) is 29.1 Å². The smallest absolute Gasteiger partial charge is 0.223 e. The van der Waals surface area contributed by atoms with Gasteiger partial charge in [-0.05, 0) is 6.42 Å². The summed E-state index contributed by atoms with van der Waals surface area (Å²) < 4.78 is 0. The van der Waals surface area contributed by atoms with E-state index in [0.717, 1.165) is 12.1 Å². The van der Waals surface area contributed by atoms with Gasteiger partial charge in [-0.15, -0.1) is 6.58 Å². The summed E-state index contributed by atoms with van der Waals surface area (Å²) in [5.41, 5.74) is 0.544. The van der Waals surface area contributed by atoms with Gasteiger partial charge in [-0.1, -0.05) is 33.4 Å². The molecule has 0 saturated heterocycles. The first kappa shape index (κ1) is 11.9. The Balaban J connectivity index is 4.40. The second kappa shape index (κ2) is 4.85. The number of hydrogen-bond donors (Lipinski definition) is 1. The number of allylic oxidation sites excluding steroid dienone is 1. The first-order valence-electron chi connectivity index (χ1n) is 4.63. The molecule has 0 heterocycles. The lowest BCUT2D eigenvalue weighted by molar-refractivity contribution is -0.120. The molecule has 2 heteroatoms. The third kappa shape index (κ3) is 3.05. The minimum absolute atomic E-state index is 0.00604. The first-order chi connectivity index (χ1) is 6.00. The van der Waals surface area contributed by atoms with E-state index in [2.05, 4.69) is 18.5 Å². The largest absolute Gasteiger partial charge is 0.330 e. The molecule has 1 amide bonds. The molecule has 0 aromatic rings. The fraction of sp³-hybridized carbons (Fsp3) is 0.545. The quantitative estimate of drug-likeness (QED) is 0.649. The van der Waals surface area contributed by atoms with Crippen molar-refractivity contribution in [2.75, 3.05) is 0 Å². The number of nitrogens with one attached hydrogen (secondary N) is 1. The Hall–Kier alpha value is -1.05. The van der Waals surface area contributed by atoms with Gasteiger partial charge in [0, 0.05) is 17.5 Å². The summed E-state index contributed by atoms with van der Waals surface area (Å²) in [5.74, 6) is 0.00604. The van der Waals surface area contributed by atoms with Gasteiger partial charge in [0.25, 0.3) is 0 Å². The second-order valence-electron chi connectivity index (χ2n) is 3.36. The van der Waals surface area contributed by atoms with Gasteiger partial charge >= 0.3 is 0 Å². The van der Waals surface area contributed by atoms with Crippen LogP contribution in [-0.2, 0) is 4.79 Å². The van der Waals surface area contributed by atoms with Gasteiger partial charge in [-0.2, -0.15) is 0 Å². The van der Waals surface area contributed by atoms with Crippen molar-refractivity contribution >= 4 is 5.91 Å². The van der Waals surface area contributed by atoms with Gasteiger partial charge in [0.05, 0.1) is 0 Å². The molecule has 0 saturated carbocycles. The molecule has 1 atom stereocenters. The van der Waals surface area contributed by atoms with Crippen LogP contribution < -0.4 is 5.32 Å². The molecule has 0 aromatic carbocycles. The minimum Gasteiger partial charge on any atom is -0.330 e. The molecule has 2 nitrogen and oxygen atoms in total. The molecule has 74 valence electrons.